The van der Waals surface area contributed by atoms with Crippen molar-refractivity contribution < 1.29 is 45.1 Å². The number of rotatable bonds is 6. The van der Waals surface area contributed by atoms with Crippen LogP contribution in [0.5, 0.6) is 5.75 Å². The summed E-state index contributed by atoms with van der Waals surface area (Å²) in [6.45, 7) is -0.303. The van der Waals surface area contributed by atoms with E-state index in [0.29, 0.717) is 25.9 Å². The highest BCUT2D eigenvalue weighted by molar-refractivity contribution is 14.1. The molecule has 3 unspecified atom stereocenters. The summed E-state index contributed by atoms with van der Waals surface area (Å²) in [5, 5.41) is -4.97. The van der Waals surface area contributed by atoms with Gasteiger partial charge >= 0.3 is 21.3 Å². The highest BCUT2D eigenvalue weighted by Crippen LogP contribution is 2.66. The van der Waals surface area contributed by atoms with Crippen molar-refractivity contribution in [2.24, 2.45) is 23.2 Å². The first-order chi connectivity index (χ1) is 16.7. The molecule has 7 nitrogen and oxygen atoms in total. The van der Waals surface area contributed by atoms with E-state index in [0.717, 1.165) is 34.9 Å². The average molecular weight is 868 g/mol. The number of carbonyl (C=O) groups excluding carboxylic acids is 1. The maximum atomic E-state index is 13.8. The van der Waals surface area contributed by atoms with Gasteiger partial charge in [0.15, 0.2) is 6.17 Å². The summed E-state index contributed by atoms with van der Waals surface area (Å²) in [5.41, 5.74) is 0.183. The Hall–Kier alpha value is 0.340. The molecule has 5 aliphatic rings. The molecule has 1 aromatic rings. The largest absolute Gasteiger partial charge is 0.465 e. The second-order valence-electron chi connectivity index (χ2n) is 10.1. The topological polar surface area (TPSA) is 99.1 Å². The van der Waals surface area contributed by atoms with E-state index < -0.39 is 51.7 Å². The number of ether oxygens (including phenoxy) is 3. The maximum absolute atomic E-state index is 13.8. The van der Waals surface area contributed by atoms with Gasteiger partial charge in [-0.2, -0.15) is 17.2 Å². The third-order valence-electron chi connectivity index (χ3n) is 8.00. The minimum absolute atomic E-state index is 0.0602. The first-order valence-corrected chi connectivity index (χ1v) is 16.0. The fraction of sp³-hybridized carbons (Fsp3) is 0.682. The van der Waals surface area contributed by atoms with Gasteiger partial charge in [0.2, 0.25) is 5.79 Å². The SMILES string of the molecule is O=C(OCCC(F)C(F)(F)S(=O)(=O)O)C12CC3CC(C1)C1(OCc4c(I)c(I)cc(I)c4O1)C(C3)C2. The summed E-state index contributed by atoms with van der Waals surface area (Å²) in [5.74, 6) is -0.461. The van der Waals surface area contributed by atoms with E-state index in [2.05, 4.69) is 73.8 Å². The summed E-state index contributed by atoms with van der Waals surface area (Å²) in [7, 11) is -5.91. The molecule has 36 heavy (non-hydrogen) atoms. The lowest BCUT2D eigenvalue weighted by atomic mass is 9.47. The van der Waals surface area contributed by atoms with Crippen molar-refractivity contribution in [3.05, 3.63) is 22.3 Å². The number of halogens is 6. The third kappa shape index (κ3) is 4.38. The Kier molecular flexibility index (Phi) is 7.34. The molecule has 0 amide bonds. The molecule has 1 spiro atoms. The Labute approximate surface area is 247 Å². The van der Waals surface area contributed by atoms with Crippen molar-refractivity contribution in [2.75, 3.05) is 6.61 Å². The first kappa shape index (κ1) is 27.9. The standard InChI is InChI=1S/C22H22F3I3O7S/c23-16(22(24,25)36(30,31)32)1-2-33-19(29)20-6-10-3-11(7-20)21(12(4-10)8-20)34-9-13-17(28)14(26)5-15(27)18(13)35-21/h5,10-12,16H,1-4,6-9H2,(H,30,31,32). The smallest absolute Gasteiger partial charge is 0.400 e. The van der Waals surface area contributed by atoms with Gasteiger partial charge in [0.1, 0.15) is 5.75 Å². The van der Waals surface area contributed by atoms with Crippen LogP contribution in [0.2, 0.25) is 0 Å². The Morgan fingerprint density at radius 2 is 1.83 bits per heavy atom. The average Bonchev–Trinajstić information content (AvgIpc) is 2.79. The summed E-state index contributed by atoms with van der Waals surface area (Å²) in [6.07, 6.45) is -1.07. The van der Waals surface area contributed by atoms with Gasteiger partial charge in [0.25, 0.3) is 0 Å². The first-order valence-electron chi connectivity index (χ1n) is 11.4. The van der Waals surface area contributed by atoms with Crippen LogP contribution in [0.4, 0.5) is 13.2 Å². The van der Waals surface area contributed by atoms with E-state index >= 15 is 0 Å². The van der Waals surface area contributed by atoms with Crippen molar-refractivity contribution in [1.82, 2.24) is 0 Å². The number of hydrogen-bond acceptors (Lipinski definition) is 6. The number of hydrogen-bond donors (Lipinski definition) is 1. The van der Waals surface area contributed by atoms with Crippen molar-refractivity contribution >= 4 is 83.9 Å². The number of esters is 1. The number of alkyl halides is 3. The number of carbonyl (C=O) groups is 1. The van der Waals surface area contributed by atoms with Crippen molar-refractivity contribution in [3.63, 3.8) is 0 Å². The monoisotopic (exact) mass is 868 g/mol. The van der Waals surface area contributed by atoms with Gasteiger partial charge in [-0.3, -0.25) is 9.35 Å². The summed E-state index contributed by atoms with van der Waals surface area (Å²) >= 11 is 6.85. The second-order valence-corrected chi connectivity index (χ2v) is 15.0. The van der Waals surface area contributed by atoms with E-state index in [1.54, 1.807) is 0 Å². The molecule has 200 valence electrons. The van der Waals surface area contributed by atoms with Crippen molar-refractivity contribution in [3.8, 4) is 5.75 Å². The van der Waals surface area contributed by atoms with Gasteiger partial charge < -0.3 is 14.2 Å². The molecule has 4 saturated carbocycles. The fourth-order valence-electron chi connectivity index (χ4n) is 6.56. The maximum Gasteiger partial charge on any atom is 0.400 e. The summed E-state index contributed by atoms with van der Waals surface area (Å²) < 4.78 is 92.3. The minimum atomic E-state index is -5.91. The lowest BCUT2D eigenvalue weighted by Gasteiger charge is -2.63. The van der Waals surface area contributed by atoms with Gasteiger partial charge in [-0.05, 0) is 112 Å². The van der Waals surface area contributed by atoms with Crippen LogP contribution >= 0.6 is 67.8 Å². The quantitative estimate of drug-likeness (QED) is 0.170. The normalized spacial score (nSPS) is 33.8. The molecular formula is C22H22F3I3O7S. The molecule has 0 saturated heterocycles. The lowest BCUT2D eigenvalue weighted by molar-refractivity contribution is -0.326. The predicted octanol–water partition coefficient (Wildman–Crippen LogP) is 5.68. The van der Waals surface area contributed by atoms with Crippen LogP contribution in [-0.2, 0) is 31.0 Å². The molecule has 4 fully saturated rings. The van der Waals surface area contributed by atoms with Crippen LogP contribution in [0.3, 0.4) is 0 Å². The number of benzene rings is 1. The molecule has 3 atom stereocenters. The molecule has 0 radical (unpaired) electrons. The van der Waals surface area contributed by atoms with Crippen molar-refractivity contribution in [2.45, 2.75) is 62.3 Å². The molecule has 1 N–H and O–H groups in total. The summed E-state index contributed by atoms with van der Waals surface area (Å²) in [4.78, 5) is 13.1. The van der Waals surface area contributed by atoms with E-state index in [-0.39, 0.29) is 17.8 Å². The molecule has 14 heteroatoms. The molecule has 1 heterocycles. The molecule has 6 rings (SSSR count). The van der Waals surface area contributed by atoms with Crippen LogP contribution in [0.1, 0.15) is 44.1 Å². The zero-order chi connectivity index (χ0) is 26.3. The third-order valence-corrected chi connectivity index (χ3v) is 12.9. The zero-order valence-corrected chi connectivity index (χ0v) is 25.9. The van der Waals surface area contributed by atoms with Crippen LogP contribution < -0.4 is 4.74 Å². The lowest BCUT2D eigenvalue weighted by Crippen LogP contribution is -2.67. The Balaban J connectivity index is 1.30. The van der Waals surface area contributed by atoms with E-state index in [1.165, 1.54) is 0 Å². The van der Waals surface area contributed by atoms with E-state index in [1.807, 2.05) is 0 Å². The van der Waals surface area contributed by atoms with Crippen molar-refractivity contribution in [1.29, 1.82) is 0 Å². The van der Waals surface area contributed by atoms with Crippen LogP contribution in [0.15, 0.2) is 6.07 Å². The number of fused-ring (bicyclic) bond motifs is 1. The Morgan fingerprint density at radius 1 is 1.19 bits per heavy atom. The molecule has 4 bridgehead atoms. The van der Waals surface area contributed by atoms with Gasteiger partial charge in [0.05, 0.1) is 22.2 Å². The predicted molar refractivity (Wildman–Crippen MR) is 146 cm³/mol. The molecule has 4 aliphatic carbocycles. The van der Waals surface area contributed by atoms with E-state index in [9.17, 15) is 26.4 Å². The molecular weight excluding hydrogens is 846 g/mol. The molecule has 1 aromatic carbocycles. The van der Waals surface area contributed by atoms with Crippen LogP contribution in [0, 0.1) is 33.9 Å². The van der Waals surface area contributed by atoms with E-state index in [4.69, 9.17) is 18.8 Å². The fourth-order valence-corrected chi connectivity index (χ4v) is 9.54. The molecule has 0 aromatic heterocycles. The van der Waals surface area contributed by atoms with Crippen LogP contribution in [-0.4, -0.2) is 42.8 Å². The van der Waals surface area contributed by atoms with Gasteiger partial charge in [0, 0.05) is 31.0 Å². The Bertz CT molecular complexity index is 1200. The molecule has 1 aliphatic heterocycles. The van der Waals surface area contributed by atoms with Gasteiger partial charge in [-0.25, -0.2) is 4.39 Å². The highest BCUT2D eigenvalue weighted by Gasteiger charge is 2.68. The van der Waals surface area contributed by atoms with Gasteiger partial charge in [-0.1, -0.05) is 0 Å². The minimum Gasteiger partial charge on any atom is -0.465 e. The van der Waals surface area contributed by atoms with Gasteiger partial charge in [-0.15, -0.1) is 0 Å². The summed E-state index contributed by atoms with van der Waals surface area (Å²) in [6, 6.07) is 2.07. The zero-order valence-electron chi connectivity index (χ0n) is 18.6. The Morgan fingerprint density at radius 3 is 2.44 bits per heavy atom. The van der Waals surface area contributed by atoms with Crippen LogP contribution in [0.25, 0.3) is 0 Å². The highest BCUT2D eigenvalue weighted by atomic mass is 127. The second kappa shape index (κ2) is 9.47.